The van der Waals surface area contributed by atoms with E-state index < -0.39 is 0 Å². The highest BCUT2D eigenvalue weighted by Gasteiger charge is 2.34. The molecule has 2 aromatic rings. The van der Waals surface area contributed by atoms with E-state index in [4.69, 9.17) is 4.74 Å². The Hall–Kier alpha value is -1.80. The fourth-order valence-corrected chi connectivity index (χ4v) is 3.76. The number of nitrogens with one attached hydrogen (secondary N) is 1. The molecular formula is C18H19NO. The molecule has 4 rings (SSSR count). The first kappa shape index (κ1) is 12.0. The summed E-state index contributed by atoms with van der Waals surface area (Å²) in [6, 6.07) is 15.9. The maximum absolute atomic E-state index is 5.43. The van der Waals surface area contributed by atoms with Crippen LogP contribution in [0.5, 0.6) is 5.75 Å². The van der Waals surface area contributed by atoms with Gasteiger partial charge in [-0.05, 0) is 47.2 Å². The monoisotopic (exact) mass is 265 g/mol. The van der Waals surface area contributed by atoms with Crippen LogP contribution >= 0.6 is 0 Å². The first-order chi connectivity index (χ1) is 9.86. The Balaban J connectivity index is 1.89. The zero-order chi connectivity index (χ0) is 13.5. The van der Waals surface area contributed by atoms with Gasteiger partial charge in [-0.3, -0.25) is 0 Å². The van der Waals surface area contributed by atoms with Crippen LogP contribution in [-0.4, -0.2) is 13.2 Å². The Labute approximate surface area is 119 Å². The van der Waals surface area contributed by atoms with Crippen molar-refractivity contribution >= 4 is 0 Å². The minimum absolute atomic E-state index is 0.471. The minimum Gasteiger partial charge on any atom is -0.497 e. The van der Waals surface area contributed by atoms with E-state index in [1.807, 2.05) is 0 Å². The van der Waals surface area contributed by atoms with Crippen LogP contribution in [0.4, 0.5) is 0 Å². The van der Waals surface area contributed by atoms with E-state index in [1.54, 1.807) is 7.11 Å². The number of rotatable bonds is 1. The summed E-state index contributed by atoms with van der Waals surface area (Å²) in [7, 11) is 1.75. The van der Waals surface area contributed by atoms with E-state index >= 15 is 0 Å². The van der Waals surface area contributed by atoms with Crippen molar-refractivity contribution < 1.29 is 4.74 Å². The van der Waals surface area contributed by atoms with Crippen LogP contribution in [0.1, 0.15) is 34.6 Å². The van der Waals surface area contributed by atoms with Gasteiger partial charge in [-0.1, -0.05) is 30.3 Å². The molecule has 0 fully saturated rings. The minimum atomic E-state index is 0.471. The SMILES string of the molecule is COc1ccc2c(c1)[C@H]1c3ccccc3CN[C@@H]1CC2. The number of hydrogen-bond acceptors (Lipinski definition) is 2. The Morgan fingerprint density at radius 2 is 1.95 bits per heavy atom. The van der Waals surface area contributed by atoms with Crippen LogP contribution in [-0.2, 0) is 13.0 Å². The topological polar surface area (TPSA) is 21.3 Å². The second kappa shape index (κ2) is 4.64. The molecule has 0 bridgehead atoms. The zero-order valence-electron chi connectivity index (χ0n) is 11.7. The first-order valence-electron chi connectivity index (χ1n) is 7.35. The lowest BCUT2D eigenvalue weighted by molar-refractivity contribution is 0.387. The number of ether oxygens (including phenoxy) is 1. The molecule has 0 saturated carbocycles. The molecule has 1 heterocycles. The largest absolute Gasteiger partial charge is 0.497 e. The van der Waals surface area contributed by atoms with Gasteiger partial charge in [0.15, 0.2) is 0 Å². The smallest absolute Gasteiger partial charge is 0.119 e. The molecule has 2 heteroatoms. The highest BCUT2D eigenvalue weighted by atomic mass is 16.5. The van der Waals surface area contributed by atoms with E-state index in [1.165, 1.54) is 28.7 Å². The molecule has 2 nitrogen and oxygen atoms in total. The van der Waals surface area contributed by atoms with Crippen molar-refractivity contribution in [2.75, 3.05) is 7.11 Å². The maximum atomic E-state index is 5.43. The number of fused-ring (bicyclic) bond motifs is 5. The Morgan fingerprint density at radius 1 is 1.05 bits per heavy atom. The van der Waals surface area contributed by atoms with Gasteiger partial charge >= 0.3 is 0 Å². The van der Waals surface area contributed by atoms with Crippen molar-refractivity contribution in [3.05, 3.63) is 64.7 Å². The van der Waals surface area contributed by atoms with Crippen LogP contribution in [0, 0.1) is 0 Å². The highest BCUT2D eigenvalue weighted by Crippen LogP contribution is 2.41. The van der Waals surface area contributed by atoms with E-state index in [0.717, 1.165) is 18.7 Å². The van der Waals surface area contributed by atoms with Crippen LogP contribution in [0.25, 0.3) is 0 Å². The van der Waals surface area contributed by atoms with Gasteiger partial charge in [0.25, 0.3) is 0 Å². The molecule has 1 aliphatic heterocycles. The number of aryl methyl sites for hydroxylation is 1. The predicted octanol–water partition coefficient (Wildman–Crippen LogP) is 3.25. The third-order valence-electron chi connectivity index (χ3n) is 4.76. The summed E-state index contributed by atoms with van der Waals surface area (Å²) in [5.41, 5.74) is 5.85. The van der Waals surface area contributed by atoms with Gasteiger partial charge in [0.1, 0.15) is 5.75 Å². The maximum Gasteiger partial charge on any atom is 0.119 e. The molecule has 102 valence electrons. The second-order valence-electron chi connectivity index (χ2n) is 5.77. The van der Waals surface area contributed by atoms with Gasteiger partial charge < -0.3 is 10.1 Å². The molecule has 2 atom stereocenters. The lowest BCUT2D eigenvalue weighted by Crippen LogP contribution is -2.42. The summed E-state index contributed by atoms with van der Waals surface area (Å²) < 4.78 is 5.43. The van der Waals surface area contributed by atoms with Gasteiger partial charge in [-0.15, -0.1) is 0 Å². The summed E-state index contributed by atoms with van der Waals surface area (Å²) in [5.74, 6) is 1.44. The summed E-state index contributed by atoms with van der Waals surface area (Å²) in [4.78, 5) is 0. The van der Waals surface area contributed by atoms with Crippen LogP contribution in [0.15, 0.2) is 42.5 Å². The van der Waals surface area contributed by atoms with Crippen molar-refractivity contribution in [2.24, 2.45) is 0 Å². The van der Waals surface area contributed by atoms with Crippen LogP contribution < -0.4 is 10.1 Å². The van der Waals surface area contributed by atoms with Crippen molar-refractivity contribution in [1.29, 1.82) is 0 Å². The summed E-state index contributed by atoms with van der Waals surface area (Å²) in [5, 5.41) is 3.71. The third-order valence-corrected chi connectivity index (χ3v) is 4.76. The molecular weight excluding hydrogens is 246 g/mol. The molecule has 0 spiro atoms. The lowest BCUT2D eigenvalue weighted by Gasteiger charge is -2.39. The normalized spacial score (nSPS) is 23.4. The standard InChI is InChI=1S/C18H19NO/c1-20-14-8-6-12-7-9-17-18(16(12)10-14)15-5-3-2-4-13(15)11-19-17/h2-6,8,10,17-19H,7,9,11H2,1H3/t17-,18-/m1/s1. The number of methoxy groups -OCH3 is 1. The molecule has 0 radical (unpaired) electrons. The van der Waals surface area contributed by atoms with Gasteiger partial charge in [0, 0.05) is 18.5 Å². The summed E-state index contributed by atoms with van der Waals surface area (Å²) in [6.07, 6.45) is 2.38. The van der Waals surface area contributed by atoms with Gasteiger partial charge in [0.05, 0.1) is 7.11 Å². The fraction of sp³-hybridized carbons (Fsp3) is 0.333. The van der Waals surface area contributed by atoms with Gasteiger partial charge in [-0.25, -0.2) is 0 Å². The van der Waals surface area contributed by atoms with E-state index in [9.17, 15) is 0 Å². The quantitative estimate of drug-likeness (QED) is 0.854. The molecule has 0 saturated heterocycles. The Bertz CT molecular complexity index is 650. The average Bonchev–Trinajstić information content (AvgIpc) is 2.53. The Kier molecular flexibility index (Phi) is 2.78. The van der Waals surface area contributed by atoms with Crippen LogP contribution in [0.3, 0.4) is 0 Å². The molecule has 0 aromatic heterocycles. The predicted molar refractivity (Wildman–Crippen MR) is 80.2 cm³/mol. The lowest BCUT2D eigenvalue weighted by atomic mass is 9.72. The van der Waals surface area contributed by atoms with Crippen LogP contribution in [0.2, 0.25) is 0 Å². The number of benzene rings is 2. The molecule has 2 aromatic carbocycles. The molecule has 1 aliphatic carbocycles. The summed E-state index contributed by atoms with van der Waals surface area (Å²) >= 11 is 0. The van der Waals surface area contributed by atoms with Crippen molar-refractivity contribution in [2.45, 2.75) is 31.3 Å². The molecule has 20 heavy (non-hydrogen) atoms. The zero-order valence-corrected chi connectivity index (χ0v) is 11.7. The number of hydrogen-bond donors (Lipinski definition) is 1. The van der Waals surface area contributed by atoms with E-state index in [0.29, 0.717) is 12.0 Å². The van der Waals surface area contributed by atoms with E-state index in [-0.39, 0.29) is 0 Å². The first-order valence-corrected chi connectivity index (χ1v) is 7.35. The van der Waals surface area contributed by atoms with Gasteiger partial charge in [0.2, 0.25) is 0 Å². The third kappa shape index (κ3) is 1.75. The van der Waals surface area contributed by atoms with Crippen molar-refractivity contribution in [1.82, 2.24) is 5.32 Å². The molecule has 2 aliphatic rings. The second-order valence-corrected chi connectivity index (χ2v) is 5.77. The summed E-state index contributed by atoms with van der Waals surface area (Å²) in [6.45, 7) is 0.997. The van der Waals surface area contributed by atoms with Gasteiger partial charge in [-0.2, -0.15) is 0 Å². The fourth-order valence-electron chi connectivity index (χ4n) is 3.76. The average molecular weight is 265 g/mol. The Morgan fingerprint density at radius 3 is 2.85 bits per heavy atom. The van der Waals surface area contributed by atoms with E-state index in [2.05, 4.69) is 47.8 Å². The molecule has 0 amide bonds. The molecule has 1 N–H and O–H groups in total. The highest BCUT2D eigenvalue weighted by molar-refractivity contribution is 5.49. The van der Waals surface area contributed by atoms with Crippen molar-refractivity contribution in [3.8, 4) is 5.75 Å². The molecule has 0 unspecified atom stereocenters. The van der Waals surface area contributed by atoms with Crippen molar-refractivity contribution in [3.63, 3.8) is 0 Å².